The number of hydrogen-bond donors (Lipinski definition) is 0. The molecule has 0 unspecified atom stereocenters. The average Bonchev–Trinajstić information content (AvgIpc) is 2.98. The van der Waals surface area contributed by atoms with E-state index in [0.717, 1.165) is 4.88 Å². The lowest BCUT2D eigenvalue weighted by Gasteiger charge is -2.32. The van der Waals surface area contributed by atoms with Gasteiger partial charge in [-0.1, -0.05) is 0 Å². The highest BCUT2D eigenvalue weighted by Crippen LogP contribution is 2.41. The molecule has 0 N–H and O–H groups in total. The van der Waals surface area contributed by atoms with E-state index >= 15 is 4.39 Å². The lowest BCUT2D eigenvalue weighted by atomic mass is 9.83. The number of rotatable bonds is 6. The van der Waals surface area contributed by atoms with Crippen LogP contribution in [0.1, 0.15) is 43.9 Å². The molecule has 1 fully saturated rings. The lowest BCUT2D eigenvalue weighted by molar-refractivity contribution is -0.173. The van der Waals surface area contributed by atoms with E-state index in [1.807, 2.05) is 40.7 Å². The van der Waals surface area contributed by atoms with Gasteiger partial charge in [-0.3, -0.25) is 0 Å². The summed E-state index contributed by atoms with van der Waals surface area (Å²) >= 11 is 1.36. The maximum absolute atomic E-state index is 15.2. The first-order valence-corrected chi connectivity index (χ1v) is 9.09. The van der Waals surface area contributed by atoms with Gasteiger partial charge in [0.15, 0.2) is 0 Å². The molecule has 1 aromatic heterocycles. The van der Waals surface area contributed by atoms with Gasteiger partial charge in [0.05, 0.1) is 17.8 Å². The summed E-state index contributed by atoms with van der Waals surface area (Å²) in [5, 5.41) is 0. The van der Waals surface area contributed by atoms with Gasteiger partial charge in [-0.05, 0) is 58.7 Å². The normalized spacial score (nSPS) is 20.4. The van der Waals surface area contributed by atoms with E-state index in [0.29, 0.717) is 4.88 Å². The molecule has 0 radical (unpaired) electrons. The van der Waals surface area contributed by atoms with Crippen molar-refractivity contribution in [2.24, 2.45) is 0 Å². The molecule has 0 aromatic carbocycles. The molecule has 0 saturated carbocycles. The van der Waals surface area contributed by atoms with Crippen LogP contribution in [-0.2, 0) is 14.0 Å². The second-order valence-electron chi connectivity index (χ2n) is 7.24. The third-order valence-corrected chi connectivity index (χ3v) is 5.61. The number of hydrogen-bond acceptors (Lipinski definition) is 4. The Bertz CT molecular complexity index is 651. The number of thiophene rings is 1. The van der Waals surface area contributed by atoms with E-state index in [4.69, 9.17) is 9.31 Å². The Balaban J connectivity index is 2.21. The summed E-state index contributed by atoms with van der Waals surface area (Å²) in [4.78, 5) is 1.60. The lowest BCUT2D eigenvalue weighted by Crippen LogP contribution is -2.41. The van der Waals surface area contributed by atoms with Crippen molar-refractivity contribution in [3.63, 3.8) is 0 Å². The van der Waals surface area contributed by atoms with E-state index in [1.165, 1.54) is 11.3 Å². The van der Waals surface area contributed by atoms with Gasteiger partial charge in [-0.15, -0.1) is 11.3 Å². The topological polar surface area (TPSA) is 27.7 Å². The van der Waals surface area contributed by atoms with Crippen molar-refractivity contribution in [2.45, 2.75) is 58.4 Å². The first kappa shape index (κ1) is 21.4. The van der Waals surface area contributed by atoms with Gasteiger partial charge in [-0.2, -0.15) is 13.2 Å². The molecule has 2 rings (SSSR count). The van der Waals surface area contributed by atoms with Crippen molar-refractivity contribution in [1.82, 2.24) is 0 Å². The van der Waals surface area contributed by atoms with E-state index in [1.54, 1.807) is 6.07 Å². The van der Waals surface area contributed by atoms with Crippen LogP contribution < -0.4 is 0 Å². The molecule has 0 amide bonds. The molecule has 0 atom stereocenters. The van der Waals surface area contributed by atoms with Crippen LogP contribution in [0.25, 0.3) is 5.57 Å². The minimum atomic E-state index is -4.41. The highest BCUT2D eigenvalue weighted by atomic mass is 32.1. The predicted octanol–water partition coefficient (Wildman–Crippen LogP) is 5.34. The Hall–Kier alpha value is -0.895. The number of ether oxygens (including phenoxy) is 1. The highest BCUT2D eigenvalue weighted by Gasteiger charge is 2.53. The molecule has 146 valence electrons. The SMILES string of the molecule is Cc1ccc(C(CCOCC(F)(F)F)=C(F)B2OC(C)(C)C(C)(C)O2)s1. The number of aryl methyl sites for hydroxylation is 1. The Labute approximate surface area is 155 Å². The van der Waals surface area contributed by atoms with Gasteiger partial charge in [0.2, 0.25) is 0 Å². The summed E-state index contributed by atoms with van der Waals surface area (Å²) in [6.07, 6.45) is -4.42. The van der Waals surface area contributed by atoms with Crippen molar-refractivity contribution >= 4 is 24.0 Å². The molecule has 1 aromatic rings. The first-order valence-electron chi connectivity index (χ1n) is 8.28. The van der Waals surface area contributed by atoms with Crippen LogP contribution in [-0.4, -0.2) is 37.7 Å². The number of halogens is 4. The van der Waals surface area contributed by atoms with Gasteiger partial charge in [-0.25, -0.2) is 4.39 Å². The Kier molecular flexibility index (Phi) is 6.27. The molecular weight excluding hydrogens is 371 g/mol. The first-order chi connectivity index (χ1) is 11.8. The van der Waals surface area contributed by atoms with Crippen molar-refractivity contribution < 1.29 is 31.6 Å². The molecule has 0 aliphatic carbocycles. The van der Waals surface area contributed by atoms with Crippen molar-refractivity contribution in [3.05, 3.63) is 27.6 Å². The van der Waals surface area contributed by atoms with Gasteiger partial charge in [0.25, 0.3) is 0 Å². The van der Waals surface area contributed by atoms with Crippen molar-refractivity contribution in [2.75, 3.05) is 13.2 Å². The monoisotopic (exact) mass is 394 g/mol. The van der Waals surface area contributed by atoms with E-state index in [2.05, 4.69) is 4.74 Å². The van der Waals surface area contributed by atoms with E-state index in [-0.39, 0.29) is 18.6 Å². The third-order valence-electron chi connectivity index (χ3n) is 4.55. The van der Waals surface area contributed by atoms with Crippen LogP contribution in [0, 0.1) is 6.92 Å². The summed E-state index contributed by atoms with van der Waals surface area (Å²) in [6.45, 7) is 7.49. The van der Waals surface area contributed by atoms with E-state index in [9.17, 15) is 13.2 Å². The fourth-order valence-electron chi connectivity index (χ4n) is 2.41. The molecule has 0 bridgehead atoms. The summed E-state index contributed by atoms with van der Waals surface area (Å²) in [5.41, 5.74) is -1.79. The second-order valence-corrected chi connectivity index (χ2v) is 8.53. The molecule has 3 nitrogen and oxygen atoms in total. The standard InChI is InChI=1S/C17H23BF4O3S/c1-11-6-7-13(26-11)12(8-9-23-10-17(20,21)22)14(19)18-24-15(2,3)16(4,5)25-18/h6-7H,8-10H2,1-5H3. The molecule has 26 heavy (non-hydrogen) atoms. The number of alkyl halides is 3. The molecule has 1 aliphatic heterocycles. The fourth-order valence-corrected chi connectivity index (χ4v) is 3.35. The minimum absolute atomic E-state index is 0.00799. The Morgan fingerprint density at radius 3 is 2.19 bits per heavy atom. The van der Waals surface area contributed by atoms with Crippen molar-refractivity contribution in [1.29, 1.82) is 0 Å². The highest BCUT2D eigenvalue weighted by molar-refractivity contribution is 7.13. The molecular formula is C17H23BF4O3S. The van der Waals surface area contributed by atoms with Crippen molar-refractivity contribution in [3.8, 4) is 0 Å². The van der Waals surface area contributed by atoms with Gasteiger partial charge in [0.1, 0.15) is 12.3 Å². The molecule has 2 heterocycles. The smallest absolute Gasteiger partial charge is 0.398 e. The zero-order chi connectivity index (χ0) is 19.8. The van der Waals surface area contributed by atoms with Gasteiger partial charge >= 0.3 is 13.3 Å². The molecule has 9 heteroatoms. The average molecular weight is 394 g/mol. The van der Waals surface area contributed by atoms with E-state index < -0.39 is 36.8 Å². The van der Waals surface area contributed by atoms with Gasteiger partial charge in [0, 0.05) is 9.75 Å². The zero-order valence-corrected chi connectivity index (χ0v) is 16.3. The largest absolute Gasteiger partial charge is 0.525 e. The summed E-state index contributed by atoms with van der Waals surface area (Å²) in [6, 6.07) is 3.57. The third kappa shape index (κ3) is 5.09. The Morgan fingerprint density at radius 2 is 1.73 bits per heavy atom. The Morgan fingerprint density at radius 1 is 1.15 bits per heavy atom. The summed E-state index contributed by atoms with van der Waals surface area (Å²) in [7, 11) is -1.19. The summed E-state index contributed by atoms with van der Waals surface area (Å²) < 4.78 is 68.0. The van der Waals surface area contributed by atoms with Crippen LogP contribution in [0.3, 0.4) is 0 Å². The quantitative estimate of drug-likeness (QED) is 0.371. The molecule has 1 aliphatic rings. The van der Waals surface area contributed by atoms with Crippen LogP contribution in [0.15, 0.2) is 17.9 Å². The van der Waals surface area contributed by atoms with Crippen LogP contribution in [0.5, 0.6) is 0 Å². The maximum Gasteiger partial charge on any atom is 0.525 e. The summed E-state index contributed by atoms with van der Waals surface area (Å²) in [5.74, 6) is 0. The minimum Gasteiger partial charge on any atom is -0.398 e. The van der Waals surface area contributed by atoms with Crippen LogP contribution >= 0.6 is 11.3 Å². The van der Waals surface area contributed by atoms with Crippen LogP contribution in [0.4, 0.5) is 17.6 Å². The fraction of sp³-hybridized carbons (Fsp3) is 0.647. The predicted molar refractivity (Wildman–Crippen MR) is 94.7 cm³/mol. The maximum atomic E-state index is 15.2. The second kappa shape index (κ2) is 7.62. The van der Waals surface area contributed by atoms with Gasteiger partial charge < -0.3 is 14.0 Å². The molecule has 0 spiro atoms. The molecule has 1 saturated heterocycles. The zero-order valence-electron chi connectivity index (χ0n) is 15.5. The van der Waals surface area contributed by atoms with Crippen LogP contribution in [0.2, 0.25) is 0 Å².